The zero-order valence-corrected chi connectivity index (χ0v) is 14.8. The minimum absolute atomic E-state index is 0.00512. The van der Waals surface area contributed by atoms with Crippen molar-refractivity contribution in [1.82, 2.24) is 4.98 Å². The lowest BCUT2D eigenvalue weighted by Crippen LogP contribution is -2.15. The number of H-pyrrole nitrogens is 1. The van der Waals surface area contributed by atoms with Gasteiger partial charge >= 0.3 is 5.76 Å². The fourth-order valence-corrected chi connectivity index (χ4v) is 4.44. The summed E-state index contributed by atoms with van der Waals surface area (Å²) in [5.74, 6) is -0.672. The number of nitrogens with one attached hydrogen (secondary N) is 2. The highest BCUT2D eigenvalue weighted by molar-refractivity contribution is 7.92. The quantitative estimate of drug-likeness (QED) is 0.742. The maximum absolute atomic E-state index is 12.7. The van der Waals surface area contributed by atoms with Crippen molar-refractivity contribution < 1.29 is 12.8 Å². The average molecular weight is 367 g/mol. The van der Waals surface area contributed by atoms with E-state index in [1.54, 1.807) is 0 Å². The second kappa shape index (κ2) is 5.68. The lowest BCUT2D eigenvalue weighted by atomic mass is 10.1. The molecule has 126 valence electrons. The fraction of sp³-hybridized carbons (Fsp3) is 0.188. The number of sulfonamides is 1. The monoisotopic (exact) mass is 366 g/mol. The van der Waals surface area contributed by atoms with Crippen LogP contribution in [0.1, 0.15) is 16.7 Å². The molecule has 0 aliphatic carbocycles. The summed E-state index contributed by atoms with van der Waals surface area (Å²) in [7, 11) is -3.94. The highest BCUT2D eigenvalue weighted by atomic mass is 35.5. The summed E-state index contributed by atoms with van der Waals surface area (Å²) in [5.41, 5.74) is 3.63. The van der Waals surface area contributed by atoms with Crippen LogP contribution in [-0.2, 0) is 10.0 Å². The third-order valence-corrected chi connectivity index (χ3v) is 5.49. The van der Waals surface area contributed by atoms with Crippen molar-refractivity contribution in [3.63, 3.8) is 0 Å². The zero-order valence-electron chi connectivity index (χ0n) is 13.2. The van der Waals surface area contributed by atoms with E-state index in [2.05, 4.69) is 9.71 Å². The van der Waals surface area contributed by atoms with E-state index < -0.39 is 15.8 Å². The minimum Gasteiger partial charge on any atom is -0.408 e. The zero-order chi connectivity index (χ0) is 17.6. The van der Waals surface area contributed by atoms with E-state index in [1.807, 2.05) is 32.9 Å². The summed E-state index contributed by atoms with van der Waals surface area (Å²) in [4.78, 5) is 13.5. The van der Waals surface area contributed by atoms with Crippen molar-refractivity contribution in [2.24, 2.45) is 0 Å². The van der Waals surface area contributed by atoms with E-state index in [-0.39, 0.29) is 15.5 Å². The molecule has 0 aliphatic heterocycles. The van der Waals surface area contributed by atoms with Gasteiger partial charge in [0.1, 0.15) is 4.90 Å². The molecule has 6 nitrogen and oxygen atoms in total. The number of halogens is 1. The smallest absolute Gasteiger partial charge is 0.408 e. The molecule has 0 spiro atoms. The Morgan fingerprint density at radius 3 is 2.33 bits per heavy atom. The molecule has 0 unspecified atom stereocenters. The summed E-state index contributed by atoms with van der Waals surface area (Å²) in [6, 6.07) is 6.36. The predicted octanol–water partition coefficient (Wildman–Crippen LogP) is 3.50. The largest absolute Gasteiger partial charge is 0.417 e. The third-order valence-electron chi connectivity index (χ3n) is 3.68. The van der Waals surface area contributed by atoms with Crippen LogP contribution in [0.15, 0.2) is 38.4 Å². The number of fused-ring (bicyclic) bond motifs is 1. The fourth-order valence-electron chi connectivity index (χ4n) is 2.69. The van der Waals surface area contributed by atoms with Crippen molar-refractivity contribution in [3.05, 3.63) is 56.5 Å². The first-order chi connectivity index (χ1) is 11.2. The molecule has 0 bridgehead atoms. The van der Waals surface area contributed by atoms with E-state index in [9.17, 15) is 13.2 Å². The third kappa shape index (κ3) is 2.92. The van der Waals surface area contributed by atoms with Crippen LogP contribution in [0.5, 0.6) is 0 Å². The molecule has 0 atom stereocenters. The highest BCUT2D eigenvalue weighted by Gasteiger charge is 2.22. The molecule has 1 aromatic heterocycles. The van der Waals surface area contributed by atoms with Crippen LogP contribution in [0.2, 0.25) is 5.02 Å². The number of anilines is 1. The number of hydrogen-bond acceptors (Lipinski definition) is 4. The average Bonchev–Trinajstić information content (AvgIpc) is 2.81. The number of aromatic nitrogens is 1. The number of benzene rings is 2. The highest BCUT2D eigenvalue weighted by Crippen LogP contribution is 2.30. The van der Waals surface area contributed by atoms with Crippen LogP contribution >= 0.6 is 11.6 Å². The first-order valence-corrected chi connectivity index (χ1v) is 8.96. The van der Waals surface area contributed by atoms with Crippen LogP contribution in [0.3, 0.4) is 0 Å². The van der Waals surface area contributed by atoms with Gasteiger partial charge in [0.2, 0.25) is 0 Å². The van der Waals surface area contributed by atoms with Gasteiger partial charge in [-0.15, -0.1) is 0 Å². The van der Waals surface area contributed by atoms with Gasteiger partial charge in [-0.3, -0.25) is 9.71 Å². The Morgan fingerprint density at radius 1 is 1.08 bits per heavy atom. The van der Waals surface area contributed by atoms with Gasteiger partial charge in [-0.2, -0.15) is 0 Å². The van der Waals surface area contributed by atoms with Gasteiger partial charge in [-0.1, -0.05) is 29.3 Å². The maximum atomic E-state index is 12.7. The Morgan fingerprint density at radius 2 is 1.71 bits per heavy atom. The Balaban J connectivity index is 2.12. The predicted molar refractivity (Wildman–Crippen MR) is 93.3 cm³/mol. The Kier molecular flexibility index (Phi) is 3.93. The summed E-state index contributed by atoms with van der Waals surface area (Å²) in [5, 5.41) is -0.00512. The molecule has 2 aromatic carbocycles. The van der Waals surface area contributed by atoms with Crippen LogP contribution in [-0.4, -0.2) is 13.4 Å². The molecule has 0 fully saturated rings. The van der Waals surface area contributed by atoms with Gasteiger partial charge in [0.15, 0.2) is 5.58 Å². The second-order valence-corrected chi connectivity index (χ2v) is 7.73. The van der Waals surface area contributed by atoms with Gasteiger partial charge in [0.05, 0.1) is 16.2 Å². The SMILES string of the molecule is Cc1cc(C)c(NS(=O)(=O)c2cc3oc(=O)[nH]c3cc2Cl)c(C)c1. The Bertz CT molecular complexity index is 1090. The number of aromatic amines is 1. The van der Waals surface area contributed by atoms with Crippen LogP contribution < -0.4 is 10.5 Å². The molecule has 1 heterocycles. The number of rotatable bonds is 3. The maximum Gasteiger partial charge on any atom is 0.417 e. The molecular weight excluding hydrogens is 352 g/mol. The standard InChI is InChI=1S/C16H15ClN2O4S/c1-8-4-9(2)15(10(3)5-8)19-24(21,22)14-7-13-12(6-11(14)17)18-16(20)23-13/h4-7,19H,1-3H3,(H,18,20). The summed E-state index contributed by atoms with van der Waals surface area (Å²) < 4.78 is 33.0. The molecule has 0 aliphatic rings. The van der Waals surface area contributed by atoms with E-state index >= 15 is 0 Å². The van der Waals surface area contributed by atoms with Crippen molar-refractivity contribution >= 4 is 38.4 Å². The molecule has 0 radical (unpaired) electrons. The molecule has 0 saturated heterocycles. The van der Waals surface area contributed by atoms with E-state index in [1.165, 1.54) is 12.1 Å². The van der Waals surface area contributed by atoms with Crippen LogP contribution in [0.25, 0.3) is 11.1 Å². The number of hydrogen-bond donors (Lipinski definition) is 2. The van der Waals surface area contributed by atoms with Gasteiger partial charge in [0, 0.05) is 6.07 Å². The molecule has 24 heavy (non-hydrogen) atoms. The summed E-state index contributed by atoms with van der Waals surface area (Å²) in [6.45, 7) is 5.60. The van der Waals surface area contributed by atoms with Gasteiger partial charge in [-0.05, 0) is 38.0 Å². The molecule has 0 amide bonds. The van der Waals surface area contributed by atoms with Crippen molar-refractivity contribution in [2.45, 2.75) is 25.7 Å². The van der Waals surface area contributed by atoms with Crippen molar-refractivity contribution in [2.75, 3.05) is 4.72 Å². The minimum atomic E-state index is -3.94. The molecule has 3 aromatic rings. The molecule has 2 N–H and O–H groups in total. The number of oxazole rings is 1. The first kappa shape index (κ1) is 16.6. The number of aryl methyl sites for hydroxylation is 3. The Labute approximate surface area is 143 Å². The lowest BCUT2D eigenvalue weighted by molar-refractivity contribution is 0.554. The topological polar surface area (TPSA) is 92.2 Å². The van der Waals surface area contributed by atoms with Gasteiger partial charge < -0.3 is 4.42 Å². The Hall–Kier alpha value is -2.25. The second-order valence-electron chi connectivity index (χ2n) is 5.67. The molecule has 0 saturated carbocycles. The molecular formula is C16H15ClN2O4S. The van der Waals surface area contributed by atoms with Crippen molar-refractivity contribution in [3.8, 4) is 0 Å². The normalized spacial score (nSPS) is 11.8. The first-order valence-electron chi connectivity index (χ1n) is 7.10. The molecule has 8 heteroatoms. The summed E-state index contributed by atoms with van der Waals surface area (Å²) in [6.07, 6.45) is 0. The lowest BCUT2D eigenvalue weighted by Gasteiger charge is -2.15. The van der Waals surface area contributed by atoms with Crippen molar-refractivity contribution in [1.29, 1.82) is 0 Å². The van der Waals surface area contributed by atoms with Crippen LogP contribution in [0, 0.1) is 20.8 Å². The van der Waals surface area contributed by atoms with Crippen LogP contribution in [0.4, 0.5) is 5.69 Å². The molecule has 3 rings (SSSR count). The van der Waals surface area contributed by atoms with Gasteiger partial charge in [0.25, 0.3) is 10.0 Å². The van der Waals surface area contributed by atoms with E-state index in [0.717, 1.165) is 16.7 Å². The van der Waals surface area contributed by atoms with Gasteiger partial charge in [-0.25, -0.2) is 13.2 Å². The van der Waals surface area contributed by atoms with E-state index in [0.29, 0.717) is 11.2 Å². The van der Waals surface area contributed by atoms with E-state index in [4.69, 9.17) is 16.0 Å². The summed E-state index contributed by atoms with van der Waals surface area (Å²) >= 11 is 6.09.